The minimum absolute atomic E-state index is 0. The normalized spacial score (nSPS) is 17.4. The van der Waals surface area contributed by atoms with E-state index < -0.39 is 0 Å². The van der Waals surface area contributed by atoms with Crippen LogP contribution in [0.5, 0.6) is 0 Å². The van der Waals surface area contributed by atoms with Crippen LogP contribution in [0.4, 0.5) is 0 Å². The molecule has 2 aromatic rings. The van der Waals surface area contributed by atoms with Gasteiger partial charge in [0.2, 0.25) is 0 Å². The Hall–Kier alpha value is -1.61. The van der Waals surface area contributed by atoms with Gasteiger partial charge in [0.1, 0.15) is 0 Å². The Morgan fingerprint density at radius 2 is 2.20 bits per heavy atom. The number of likely N-dealkylation sites (tertiary alicyclic amines) is 1. The van der Waals surface area contributed by atoms with E-state index in [-0.39, 0.29) is 30.1 Å². The third-order valence-electron chi connectivity index (χ3n) is 4.10. The second-order valence-corrected chi connectivity index (χ2v) is 6.08. The maximum Gasteiger partial charge on any atom is 0.194 e. The topological polar surface area (TPSA) is 65.7 Å². The van der Waals surface area contributed by atoms with Gasteiger partial charge in [0.15, 0.2) is 5.96 Å². The van der Waals surface area contributed by atoms with Gasteiger partial charge in [-0.05, 0) is 30.5 Å². The fraction of sp³-hybridized carbons (Fsp3) is 0.444. The number of hydrogen-bond donors (Lipinski definition) is 2. The van der Waals surface area contributed by atoms with Crippen molar-refractivity contribution in [2.75, 3.05) is 19.6 Å². The van der Waals surface area contributed by atoms with E-state index in [2.05, 4.69) is 46.5 Å². The van der Waals surface area contributed by atoms with Crippen LogP contribution in [0, 0.1) is 0 Å². The Kier molecular flexibility index (Phi) is 7.70. The van der Waals surface area contributed by atoms with Crippen LogP contribution in [-0.4, -0.2) is 51.5 Å². The highest BCUT2D eigenvalue weighted by Crippen LogP contribution is 2.11. The van der Waals surface area contributed by atoms with Crippen LogP contribution in [0.1, 0.15) is 24.5 Å². The van der Waals surface area contributed by atoms with Crippen molar-refractivity contribution in [3.63, 3.8) is 0 Å². The average Bonchev–Trinajstić information content (AvgIpc) is 3.23. The standard InChI is InChI=1S/C18H25N5O.HI/c1-2-19-18(22-10-7-17(24)14-22)20-12-15-5-3-6-16(11-15)13-23-9-4-8-21-23;/h3-6,8-9,11,17,24H,2,7,10,12-14H2,1H3,(H,19,20);1H/t17-;/m1./s1. The van der Waals surface area contributed by atoms with Crippen LogP contribution in [0.15, 0.2) is 47.7 Å². The van der Waals surface area contributed by atoms with Gasteiger partial charge < -0.3 is 15.3 Å². The van der Waals surface area contributed by atoms with Gasteiger partial charge in [0.25, 0.3) is 0 Å². The zero-order valence-electron chi connectivity index (χ0n) is 14.5. The summed E-state index contributed by atoms with van der Waals surface area (Å²) in [5.74, 6) is 0.881. The summed E-state index contributed by atoms with van der Waals surface area (Å²) in [4.78, 5) is 6.86. The van der Waals surface area contributed by atoms with E-state index in [0.717, 1.165) is 32.0 Å². The fourth-order valence-corrected chi connectivity index (χ4v) is 2.93. The molecule has 0 bridgehead atoms. The van der Waals surface area contributed by atoms with E-state index in [9.17, 15) is 5.11 Å². The van der Waals surface area contributed by atoms with Crippen LogP contribution < -0.4 is 5.32 Å². The minimum Gasteiger partial charge on any atom is -0.391 e. The number of hydrogen-bond acceptors (Lipinski definition) is 3. The molecule has 0 amide bonds. The highest BCUT2D eigenvalue weighted by atomic mass is 127. The second-order valence-electron chi connectivity index (χ2n) is 6.08. The van der Waals surface area contributed by atoms with Crippen LogP contribution in [0.25, 0.3) is 0 Å². The number of halogens is 1. The lowest BCUT2D eigenvalue weighted by Crippen LogP contribution is -2.40. The largest absolute Gasteiger partial charge is 0.391 e. The maximum absolute atomic E-state index is 9.73. The molecule has 3 rings (SSSR count). The van der Waals surface area contributed by atoms with Crippen LogP contribution in [-0.2, 0) is 13.1 Å². The van der Waals surface area contributed by atoms with Gasteiger partial charge in [-0.2, -0.15) is 5.10 Å². The van der Waals surface area contributed by atoms with E-state index in [1.807, 2.05) is 16.9 Å². The Morgan fingerprint density at radius 1 is 1.36 bits per heavy atom. The summed E-state index contributed by atoms with van der Waals surface area (Å²) in [7, 11) is 0. The molecule has 1 aromatic heterocycles. The van der Waals surface area contributed by atoms with Crippen molar-refractivity contribution in [1.29, 1.82) is 0 Å². The Labute approximate surface area is 166 Å². The fourth-order valence-electron chi connectivity index (χ4n) is 2.93. The quantitative estimate of drug-likeness (QED) is 0.412. The molecule has 0 aliphatic carbocycles. The molecule has 1 aliphatic heterocycles. The predicted octanol–water partition coefficient (Wildman–Crippen LogP) is 2.08. The summed E-state index contributed by atoms with van der Waals surface area (Å²) in [6.45, 7) is 5.79. The van der Waals surface area contributed by atoms with Gasteiger partial charge in [-0.25, -0.2) is 4.99 Å². The number of β-amino-alcohol motifs (C(OH)–C–C–N with tert-alkyl or cyclic N) is 1. The lowest BCUT2D eigenvalue weighted by molar-refractivity contribution is 0.188. The van der Waals surface area contributed by atoms with E-state index in [1.54, 1.807) is 6.20 Å². The van der Waals surface area contributed by atoms with Gasteiger partial charge in [0.05, 0.1) is 19.2 Å². The molecule has 136 valence electrons. The summed E-state index contributed by atoms with van der Waals surface area (Å²) in [5, 5.41) is 17.3. The molecule has 0 unspecified atom stereocenters. The molecule has 7 heteroatoms. The first-order valence-corrected chi connectivity index (χ1v) is 8.51. The van der Waals surface area contributed by atoms with Crippen molar-refractivity contribution in [1.82, 2.24) is 20.0 Å². The molecule has 25 heavy (non-hydrogen) atoms. The number of nitrogens with one attached hydrogen (secondary N) is 1. The lowest BCUT2D eigenvalue weighted by Gasteiger charge is -2.21. The Bertz CT molecular complexity index is 674. The SMILES string of the molecule is CCNC(=NCc1cccc(Cn2cccn2)c1)N1CC[C@@H](O)C1.I. The number of aliphatic hydroxyl groups excluding tert-OH is 1. The van der Waals surface area contributed by atoms with E-state index >= 15 is 0 Å². The number of benzene rings is 1. The maximum atomic E-state index is 9.73. The zero-order valence-corrected chi connectivity index (χ0v) is 16.8. The predicted molar refractivity (Wildman–Crippen MR) is 110 cm³/mol. The molecule has 2 N–H and O–H groups in total. The summed E-state index contributed by atoms with van der Waals surface area (Å²) in [5.41, 5.74) is 2.39. The number of aliphatic hydroxyl groups is 1. The highest BCUT2D eigenvalue weighted by Gasteiger charge is 2.22. The van der Waals surface area contributed by atoms with Crippen LogP contribution >= 0.6 is 24.0 Å². The Balaban J connectivity index is 0.00000225. The summed E-state index contributed by atoms with van der Waals surface area (Å²) >= 11 is 0. The molecule has 0 saturated carbocycles. The first kappa shape index (κ1) is 19.7. The number of aliphatic imine (C=N–C) groups is 1. The van der Waals surface area contributed by atoms with Crippen LogP contribution in [0.2, 0.25) is 0 Å². The molecular formula is C18H26IN5O. The lowest BCUT2D eigenvalue weighted by atomic mass is 10.1. The number of aromatic nitrogens is 2. The summed E-state index contributed by atoms with van der Waals surface area (Å²) in [6, 6.07) is 10.4. The number of rotatable bonds is 5. The minimum atomic E-state index is -0.244. The van der Waals surface area contributed by atoms with E-state index in [4.69, 9.17) is 4.99 Å². The van der Waals surface area contributed by atoms with E-state index in [0.29, 0.717) is 13.1 Å². The molecule has 0 radical (unpaired) electrons. The molecular weight excluding hydrogens is 429 g/mol. The first-order valence-electron chi connectivity index (χ1n) is 8.51. The van der Waals surface area contributed by atoms with Gasteiger partial charge in [-0.3, -0.25) is 4.68 Å². The van der Waals surface area contributed by atoms with Crippen molar-refractivity contribution in [2.45, 2.75) is 32.5 Å². The molecule has 1 aliphatic rings. The van der Waals surface area contributed by atoms with Crippen molar-refractivity contribution >= 4 is 29.9 Å². The van der Waals surface area contributed by atoms with Gasteiger partial charge in [-0.15, -0.1) is 24.0 Å². The van der Waals surface area contributed by atoms with Crippen molar-refractivity contribution in [3.8, 4) is 0 Å². The summed E-state index contributed by atoms with van der Waals surface area (Å²) in [6.07, 6.45) is 4.32. The van der Waals surface area contributed by atoms with Crippen molar-refractivity contribution in [3.05, 3.63) is 53.9 Å². The first-order chi connectivity index (χ1) is 11.7. The third kappa shape index (κ3) is 5.71. The average molecular weight is 455 g/mol. The third-order valence-corrected chi connectivity index (χ3v) is 4.10. The molecule has 2 heterocycles. The molecule has 1 atom stereocenters. The van der Waals surface area contributed by atoms with Gasteiger partial charge >= 0.3 is 0 Å². The van der Waals surface area contributed by atoms with Gasteiger partial charge in [0, 0.05) is 32.0 Å². The van der Waals surface area contributed by atoms with Crippen LogP contribution in [0.3, 0.4) is 0 Å². The monoisotopic (exact) mass is 455 g/mol. The zero-order chi connectivity index (χ0) is 16.8. The second kappa shape index (κ2) is 9.76. The highest BCUT2D eigenvalue weighted by molar-refractivity contribution is 14.0. The number of nitrogens with zero attached hydrogens (tertiary/aromatic N) is 4. The molecule has 1 saturated heterocycles. The molecule has 6 nitrogen and oxygen atoms in total. The number of guanidine groups is 1. The van der Waals surface area contributed by atoms with Crippen molar-refractivity contribution < 1.29 is 5.11 Å². The van der Waals surface area contributed by atoms with E-state index in [1.165, 1.54) is 11.1 Å². The molecule has 1 aromatic carbocycles. The van der Waals surface area contributed by atoms with Gasteiger partial charge in [-0.1, -0.05) is 24.3 Å². The molecule has 0 spiro atoms. The van der Waals surface area contributed by atoms with Crippen molar-refractivity contribution in [2.24, 2.45) is 4.99 Å². The summed E-state index contributed by atoms with van der Waals surface area (Å²) < 4.78 is 1.91. The smallest absolute Gasteiger partial charge is 0.194 e. The molecule has 1 fully saturated rings. The Morgan fingerprint density at radius 3 is 2.88 bits per heavy atom.